The molecule has 1 aliphatic heterocycles. The molecule has 0 spiro atoms. The highest BCUT2D eigenvalue weighted by Gasteiger charge is 2.28. The molecule has 0 bridgehead atoms. The number of carbonyl (C=O) groups excluding carboxylic acids is 2. The lowest BCUT2D eigenvalue weighted by Crippen LogP contribution is -2.50. The van der Waals surface area contributed by atoms with Gasteiger partial charge in [-0.3, -0.25) is 4.79 Å². The topological polar surface area (TPSA) is 67.7 Å². The van der Waals surface area contributed by atoms with E-state index in [9.17, 15) is 9.59 Å². The molecule has 31 heavy (non-hydrogen) atoms. The van der Waals surface area contributed by atoms with Crippen LogP contribution in [0.15, 0.2) is 60.8 Å². The number of aryl methyl sites for hydroxylation is 1. The van der Waals surface area contributed by atoms with Gasteiger partial charge in [0.15, 0.2) is 0 Å². The number of rotatable bonds is 4. The van der Waals surface area contributed by atoms with Crippen molar-refractivity contribution >= 4 is 12.0 Å². The summed E-state index contributed by atoms with van der Waals surface area (Å²) in [5.74, 6) is -0.0822. The summed E-state index contributed by atoms with van der Waals surface area (Å²) in [6.07, 6.45) is 1.47. The van der Waals surface area contributed by atoms with Crippen LogP contribution in [0.1, 0.15) is 22.8 Å². The monoisotopic (exact) mass is 418 g/mol. The molecule has 1 aromatic heterocycles. The second-order valence-corrected chi connectivity index (χ2v) is 7.52. The van der Waals surface area contributed by atoms with Crippen molar-refractivity contribution in [2.45, 2.75) is 13.8 Å². The van der Waals surface area contributed by atoms with Crippen LogP contribution in [0, 0.1) is 6.92 Å². The van der Waals surface area contributed by atoms with E-state index in [1.165, 1.54) is 0 Å². The number of aromatic nitrogens is 2. The predicted molar refractivity (Wildman–Crippen MR) is 118 cm³/mol. The number of carbonyl (C=O) groups is 2. The van der Waals surface area contributed by atoms with E-state index in [2.05, 4.69) is 0 Å². The molecule has 0 unspecified atom stereocenters. The van der Waals surface area contributed by atoms with Crippen molar-refractivity contribution in [3.63, 3.8) is 0 Å². The maximum Gasteiger partial charge on any atom is 0.409 e. The third kappa shape index (κ3) is 4.45. The Labute approximate surface area is 181 Å². The van der Waals surface area contributed by atoms with Gasteiger partial charge in [0.1, 0.15) is 5.69 Å². The zero-order chi connectivity index (χ0) is 21.8. The largest absolute Gasteiger partial charge is 0.450 e. The Bertz CT molecular complexity index is 1050. The average molecular weight is 418 g/mol. The van der Waals surface area contributed by atoms with Crippen LogP contribution < -0.4 is 0 Å². The fourth-order valence-corrected chi connectivity index (χ4v) is 3.65. The Morgan fingerprint density at radius 3 is 2.23 bits per heavy atom. The number of piperazine rings is 1. The molecule has 7 heteroatoms. The van der Waals surface area contributed by atoms with Crippen LogP contribution in [-0.4, -0.2) is 64.4 Å². The number of amides is 2. The number of ether oxygens (including phenoxy) is 1. The summed E-state index contributed by atoms with van der Waals surface area (Å²) >= 11 is 0. The van der Waals surface area contributed by atoms with E-state index in [1.807, 2.05) is 61.5 Å². The molecule has 1 fully saturated rings. The summed E-state index contributed by atoms with van der Waals surface area (Å²) < 4.78 is 6.82. The molecule has 0 aliphatic carbocycles. The lowest BCUT2D eigenvalue weighted by Gasteiger charge is -2.34. The number of para-hydroxylation sites is 1. The van der Waals surface area contributed by atoms with Gasteiger partial charge in [-0.2, -0.15) is 5.10 Å². The van der Waals surface area contributed by atoms with E-state index in [0.29, 0.717) is 44.0 Å². The highest BCUT2D eigenvalue weighted by molar-refractivity contribution is 6.00. The molecule has 2 heterocycles. The Hall–Kier alpha value is -3.61. The molecular formula is C24H26N4O3. The minimum atomic E-state index is -0.327. The third-order valence-electron chi connectivity index (χ3n) is 5.38. The summed E-state index contributed by atoms with van der Waals surface area (Å²) in [5, 5.41) is 4.75. The van der Waals surface area contributed by atoms with Crippen LogP contribution in [0.25, 0.3) is 16.9 Å². The molecule has 4 rings (SSSR count). The molecule has 0 atom stereocenters. The molecule has 0 saturated carbocycles. The Morgan fingerprint density at radius 1 is 0.935 bits per heavy atom. The number of benzene rings is 2. The van der Waals surface area contributed by atoms with Crippen LogP contribution >= 0.6 is 0 Å². The minimum absolute atomic E-state index is 0.0822. The van der Waals surface area contributed by atoms with Crippen molar-refractivity contribution in [2.75, 3.05) is 32.8 Å². The molecule has 160 valence electrons. The van der Waals surface area contributed by atoms with Gasteiger partial charge in [-0.05, 0) is 26.0 Å². The SMILES string of the molecule is CCOC(=O)N1CCN(C(=O)c2cn(-c3ccccc3)nc2-c2ccc(C)cc2)CC1. The molecule has 2 amide bonds. The molecule has 0 radical (unpaired) electrons. The second kappa shape index (κ2) is 9.04. The molecule has 2 aromatic carbocycles. The van der Waals surface area contributed by atoms with Gasteiger partial charge in [-0.15, -0.1) is 0 Å². The van der Waals surface area contributed by atoms with Crippen molar-refractivity contribution in [2.24, 2.45) is 0 Å². The van der Waals surface area contributed by atoms with Crippen molar-refractivity contribution in [3.8, 4) is 16.9 Å². The predicted octanol–water partition coefficient (Wildman–Crippen LogP) is 3.76. The summed E-state index contributed by atoms with van der Waals surface area (Å²) in [6, 6.07) is 17.8. The molecule has 1 saturated heterocycles. The van der Waals surface area contributed by atoms with E-state index in [-0.39, 0.29) is 12.0 Å². The average Bonchev–Trinajstić information content (AvgIpc) is 3.25. The Balaban J connectivity index is 1.62. The van der Waals surface area contributed by atoms with E-state index < -0.39 is 0 Å². The van der Waals surface area contributed by atoms with Gasteiger partial charge in [-0.1, -0.05) is 48.0 Å². The first-order valence-corrected chi connectivity index (χ1v) is 10.5. The van der Waals surface area contributed by atoms with Crippen LogP contribution in [0.5, 0.6) is 0 Å². The van der Waals surface area contributed by atoms with Gasteiger partial charge >= 0.3 is 6.09 Å². The Kier molecular flexibility index (Phi) is 6.02. The fourth-order valence-electron chi connectivity index (χ4n) is 3.65. The minimum Gasteiger partial charge on any atom is -0.450 e. The molecule has 7 nitrogen and oxygen atoms in total. The summed E-state index contributed by atoms with van der Waals surface area (Å²) in [5.41, 5.74) is 4.14. The van der Waals surface area contributed by atoms with Crippen LogP contribution in [0.4, 0.5) is 4.79 Å². The van der Waals surface area contributed by atoms with E-state index in [0.717, 1.165) is 16.8 Å². The second-order valence-electron chi connectivity index (χ2n) is 7.52. The highest BCUT2D eigenvalue weighted by Crippen LogP contribution is 2.26. The first kappa shape index (κ1) is 20.7. The molecular weight excluding hydrogens is 392 g/mol. The standard InChI is InChI=1S/C24H26N4O3/c1-3-31-24(30)27-15-13-26(14-16-27)23(29)21-17-28(20-7-5-4-6-8-20)25-22(21)19-11-9-18(2)10-12-19/h4-12,17H,3,13-16H2,1-2H3. The lowest BCUT2D eigenvalue weighted by molar-refractivity contribution is 0.0571. The number of hydrogen-bond acceptors (Lipinski definition) is 4. The van der Waals surface area contributed by atoms with Gasteiger partial charge < -0.3 is 14.5 Å². The smallest absolute Gasteiger partial charge is 0.409 e. The van der Waals surface area contributed by atoms with Crippen molar-refractivity contribution in [1.29, 1.82) is 0 Å². The zero-order valence-corrected chi connectivity index (χ0v) is 17.8. The first-order valence-electron chi connectivity index (χ1n) is 10.5. The van der Waals surface area contributed by atoms with Gasteiger partial charge in [0.25, 0.3) is 5.91 Å². The number of hydrogen-bond donors (Lipinski definition) is 0. The molecule has 1 aliphatic rings. The van der Waals surface area contributed by atoms with Gasteiger partial charge in [-0.25, -0.2) is 9.48 Å². The quantitative estimate of drug-likeness (QED) is 0.647. The fraction of sp³-hybridized carbons (Fsp3) is 0.292. The number of nitrogens with zero attached hydrogens (tertiary/aromatic N) is 4. The lowest BCUT2D eigenvalue weighted by atomic mass is 10.1. The summed E-state index contributed by atoms with van der Waals surface area (Å²) in [6.45, 7) is 5.99. The van der Waals surface area contributed by atoms with E-state index >= 15 is 0 Å². The van der Waals surface area contributed by atoms with Crippen LogP contribution in [0.3, 0.4) is 0 Å². The zero-order valence-electron chi connectivity index (χ0n) is 17.8. The van der Waals surface area contributed by atoms with Crippen molar-refractivity contribution < 1.29 is 14.3 Å². The maximum absolute atomic E-state index is 13.4. The van der Waals surface area contributed by atoms with Crippen molar-refractivity contribution in [3.05, 3.63) is 71.9 Å². The van der Waals surface area contributed by atoms with E-state index in [4.69, 9.17) is 9.84 Å². The van der Waals surface area contributed by atoms with Crippen molar-refractivity contribution in [1.82, 2.24) is 19.6 Å². The van der Waals surface area contributed by atoms with E-state index in [1.54, 1.807) is 27.6 Å². The third-order valence-corrected chi connectivity index (χ3v) is 5.38. The maximum atomic E-state index is 13.4. The first-order chi connectivity index (χ1) is 15.1. The highest BCUT2D eigenvalue weighted by atomic mass is 16.6. The summed E-state index contributed by atoms with van der Waals surface area (Å²) in [7, 11) is 0. The van der Waals surface area contributed by atoms with Gasteiger partial charge in [0.2, 0.25) is 0 Å². The van der Waals surface area contributed by atoms with Crippen LogP contribution in [0.2, 0.25) is 0 Å². The normalized spacial score (nSPS) is 13.9. The van der Waals surface area contributed by atoms with Gasteiger partial charge in [0, 0.05) is 37.9 Å². The summed E-state index contributed by atoms with van der Waals surface area (Å²) in [4.78, 5) is 28.8. The molecule has 0 N–H and O–H groups in total. The van der Waals surface area contributed by atoms with Crippen LogP contribution in [-0.2, 0) is 4.74 Å². The molecule has 3 aromatic rings. The Morgan fingerprint density at radius 2 is 1.58 bits per heavy atom. The van der Waals surface area contributed by atoms with Gasteiger partial charge in [0.05, 0.1) is 17.9 Å².